The van der Waals surface area contributed by atoms with E-state index in [0.29, 0.717) is 42.8 Å². The summed E-state index contributed by atoms with van der Waals surface area (Å²) in [5, 5.41) is 9.48. The van der Waals surface area contributed by atoms with Gasteiger partial charge in [-0.3, -0.25) is 14.8 Å². The molecule has 39 heavy (non-hydrogen) atoms. The van der Waals surface area contributed by atoms with Gasteiger partial charge >= 0.3 is 0 Å². The Morgan fingerprint density at radius 2 is 1.72 bits per heavy atom. The lowest BCUT2D eigenvalue weighted by atomic mass is 9.89. The molecule has 1 heterocycles. The number of hydrogen-bond acceptors (Lipinski definition) is 6. The van der Waals surface area contributed by atoms with Crippen molar-refractivity contribution in [1.82, 2.24) is 15.1 Å². The van der Waals surface area contributed by atoms with Crippen molar-refractivity contribution in [2.45, 2.75) is 30.4 Å². The van der Waals surface area contributed by atoms with Gasteiger partial charge in [0.1, 0.15) is 24.2 Å². The van der Waals surface area contributed by atoms with E-state index in [1.807, 2.05) is 6.07 Å². The largest absolute Gasteiger partial charge is 0.489 e. The van der Waals surface area contributed by atoms with Gasteiger partial charge in [-0.25, -0.2) is 18.3 Å². The monoisotopic (exact) mass is 575 g/mol. The summed E-state index contributed by atoms with van der Waals surface area (Å²) in [6.07, 6.45) is 0.718. The number of halogens is 2. The average Bonchev–Trinajstić information content (AvgIpc) is 2.95. The SMILES string of the molecule is O=C(NO)[C@H](NS(=O)(=O)c1ccc(OCc2ccc(F)cc2Cl)cc1)C1CCN(C(=O)c2ccccc2)CC1. The van der Waals surface area contributed by atoms with Gasteiger partial charge in [0, 0.05) is 24.2 Å². The first kappa shape index (κ1) is 28.5. The number of nitrogens with zero attached hydrogens (tertiary/aromatic N) is 1. The molecule has 0 unspecified atom stereocenters. The third kappa shape index (κ3) is 7.12. The molecule has 1 atom stereocenters. The maximum Gasteiger partial charge on any atom is 0.261 e. The van der Waals surface area contributed by atoms with E-state index < -0.39 is 33.7 Å². The Bertz CT molecular complexity index is 1420. The predicted molar refractivity (Wildman–Crippen MR) is 141 cm³/mol. The zero-order chi connectivity index (χ0) is 28.0. The molecule has 0 aromatic heterocycles. The van der Waals surface area contributed by atoms with Crippen LogP contribution in [0, 0.1) is 11.7 Å². The Morgan fingerprint density at radius 3 is 2.33 bits per heavy atom. The van der Waals surface area contributed by atoms with Crippen molar-refractivity contribution in [3.63, 3.8) is 0 Å². The molecule has 2 amide bonds. The second kappa shape index (κ2) is 12.6. The molecular weight excluding hydrogens is 549 g/mol. The first-order valence-electron chi connectivity index (χ1n) is 12.2. The van der Waals surface area contributed by atoms with E-state index in [4.69, 9.17) is 16.3 Å². The highest BCUT2D eigenvalue weighted by molar-refractivity contribution is 7.89. The van der Waals surface area contributed by atoms with Crippen molar-refractivity contribution in [3.8, 4) is 5.75 Å². The Kier molecular flexibility index (Phi) is 9.18. The van der Waals surface area contributed by atoms with Crippen LogP contribution >= 0.6 is 11.6 Å². The van der Waals surface area contributed by atoms with E-state index in [-0.39, 0.29) is 22.4 Å². The van der Waals surface area contributed by atoms with Gasteiger partial charge in [0.15, 0.2) is 0 Å². The first-order valence-corrected chi connectivity index (χ1v) is 14.0. The predicted octanol–water partition coefficient (Wildman–Crippen LogP) is 3.76. The highest BCUT2D eigenvalue weighted by Gasteiger charge is 2.36. The summed E-state index contributed by atoms with van der Waals surface area (Å²) in [5.41, 5.74) is 2.66. The molecule has 206 valence electrons. The smallest absolute Gasteiger partial charge is 0.261 e. The number of hydrogen-bond donors (Lipinski definition) is 3. The number of hydroxylamine groups is 1. The van der Waals surface area contributed by atoms with Crippen LogP contribution in [0.3, 0.4) is 0 Å². The summed E-state index contributed by atoms with van der Waals surface area (Å²) in [6, 6.07) is 17.0. The van der Waals surface area contributed by atoms with Crippen molar-refractivity contribution in [2.24, 2.45) is 5.92 Å². The number of amides is 2. The molecule has 0 aliphatic carbocycles. The molecule has 9 nitrogen and oxygen atoms in total. The van der Waals surface area contributed by atoms with Crippen LogP contribution in [0.5, 0.6) is 5.75 Å². The highest BCUT2D eigenvalue weighted by Crippen LogP contribution is 2.25. The molecule has 0 bridgehead atoms. The number of likely N-dealkylation sites (tertiary alicyclic amines) is 1. The number of sulfonamides is 1. The van der Waals surface area contributed by atoms with E-state index in [0.717, 1.165) is 0 Å². The quantitative estimate of drug-likeness (QED) is 0.263. The molecule has 1 saturated heterocycles. The molecule has 1 aliphatic heterocycles. The third-order valence-corrected chi connectivity index (χ3v) is 8.35. The molecule has 1 fully saturated rings. The van der Waals surface area contributed by atoms with E-state index in [9.17, 15) is 27.6 Å². The molecular formula is C27H27ClFN3O6S. The van der Waals surface area contributed by atoms with E-state index >= 15 is 0 Å². The molecule has 4 rings (SSSR count). The van der Waals surface area contributed by atoms with Crippen LogP contribution in [0.4, 0.5) is 4.39 Å². The second-order valence-electron chi connectivity index (χ2n) is 9.07. The fourth-order valence-corrected chi connectivity index (χ4v) is 5.87. The summed E-state index contributed by atoms with van der Waals surface area (Å²) < 4.78 is 47.4. The lowest BCUT2D eigenvalue weighted by molar-refractivity contribution is -0.132. The maximum atomic E-state index is 13.2. The Balaban J connectivity index is 1.39. The van der Waals surface area contributed by atoms with Crippen molar-refractivity contribution >= 4 is 33.4 Å². The van der Waals surface area contributed by atoms with Gasteiger partial charge in [-0.15, -0.1) is 0 Å². The van der Waals surface area contributed by atoms with Gasteiger partial charge in [-0.2, -0.15) is 4.72 Å². The van der Waals surface area contributed by atoms with Gasteiger partial charge in [-0.1, -0.05) is 35.9 Å². The normalized spacial score (nSPS) is 15.0. The fraction of sp³-hybridized carbons (Fsp3) is 0.259. The van der Waals surface area contributed by atoms with Crippen LogP contribution in [0.25, 0.3) is 0 Å². The van der Waals surface area contributed by atoms with Gasteiger partial charge in [0.2, 0.25) is 10.0 Å². The van der Waals surface area contributed by atoms with Crippen molar-refractivity contribution in [3.05, 3.63) is 94.8 Å². The lowest BCUT2D eigenvalue weighted by Crippen LogP contribution is -2.53. The maximum absolute atomic E-state index is 13.2. The van der Waals surface area contributed by atoms with Crippen molar-refractivity contribution in [1.29, 1.82) is 0 Å². The van der Waals surface area contributed by atoms with Gasteiger partial charge in [0.05, 0.1) is 9.92 Å². The van der Waals surface area contributed by atoms with Crippen LogP contribution in [-0.4, -0.2) is 49.5 Å². The van der Waals surface area contributed by atoms with E-state index in [1.165, 1.54) is 42.5 Å². The number of ether oxygens (including phenoxy) is 1. The van der Waals surface area contributed by atoms with Crippen LogP contribution < -0.4 is 14.9 Å². The molecule has 3 aromatic carbocycles. The highest BCUT2D eigenvalue weighted by atomic mass is 35.5. The standard InChI is InChI=1S/C27H27ClFN3O6S/c28-24-16-21(29)7-6-20(24)17-38-22-8-10-23(11-9-22)39(36,37)31-25(26(33)30-35)18-12-14-32(15-13-18)27(34)19-4-2-1-3-5-19/h1-11,16,18,25,31,35H,12-15,17H2,(H,30,33)/t25-/m1/s1. The Hall–Kier alpha value is -3.51. The summed E-state index contributed by atoms with van der Waals surface area (Å²) in [5.74, 6) is -1.58. The van der Waals surface area contributed by atoms with E-state index in [2.05, 4.69) is 4.72 Å². The molecule has 12 heteroatoms. The number of rotatable bonds is 9. The summed E-state index contributed by atoms with van der Waals surface area (Å²) >= 11 is 6.00. The van der Waals surface area contributed by atoms with Gasteiger partial charge in [-0.05, 0) is 67.3 Å². The van der Waals surface area contributed by atoms with E-state index in [1.54, 1.807) is 34.6 Å². The molecule has 1 aliphatic rings. The fourth-order valence-electron chi connectivity index (χ4n) is 4.38. The summed E-state index contributed by atoms with van der Waals surface area (Å²) in [6.45, 7) is 0.715. The minimum Gasteiger partial charge on any atom is -0.489 e. The summed E-state index contributed by atoms with van der Waals surface area (Å²) in [7, 11) is -4.15. The zero-order valence-electron chi connectivity index (χ0n) is 20.7. The van der Waals surface area contributed by atoms with Crippen LogP contribution in [0.15, 0.2) is 77.7 Å². The number of carbonyl (C=O) groups is 2. The Morgan fingerprint density at radius 1 is 1.05 bits per heavy atom. The minimum atomic E-state index is -4.15. The average molecular weight is 576 g/mol. The van der Waals surface area contributed by atoms with Crippen LogP contribution in [0.2, 0.25) is 5.02 Å². The molecule has 3 N–H and O–H groups in total. The summed E-state index contributed by atoms with van der Waals surface area (Å²) in [4.78, 5) is 26.7. The third-order valence-electron chi connectivity index (χ3n) is 6.54. The topological polar surface area (TPSA) is 125 Å². The number of piperidine rings is 1. The van der Waals surface area contributed by atoms with Crippen LogP contribution in [-0.2, 0) is 21.4 Å². The van der Waals surface area contributed by atoms with Crippen LogP contribution in [0.1, 0.15) is 28.8 Å². The first-order chi connectivity index (χ1) is 18.7. The second-order valence-corrected chi connectivity index (χ2v) is 11.2. The zero-order valence-corrected chi connectivity index (χ0v) is 22.3. The number of nitrogens with one attached hydrogen (secondary N) is 2. The number of benzene rings is 3. The van der Waals surface area contributed by atoms with Gasteiger partial charge < -0.3 is 9.64 Å². The molecule has 0 radical (unpaired) electrons. The Labute approximate surface area is 230 Å². The molecule has 0 spiro atoms. The molecule has 3 aromatic rings. The van der Waals surface area contributed by atoms with Crippen molar-refractivity contribution < 1.29 is 32.3 Å². The van der Waals surface area contributed by atoms with Gasteiger partial charge in [0.25, 0.3) is 11.8 Å². The molecule has 0 saturated carbocycles. The number of carbonyl (C=O) groups excluding carboxylic acids is 2. The van der Waals surface area contributed by atoms with Crippen molar-refractivity contribution in [2.75, 3.05) is 13.1 Å². The minimum absolute atomic E-state index is 0.0493. The lowest BCUT2D eigenvalue weighted by Gasteiger charge is -2.35.